The SMILES string of the molecule is CC(C)S(=O)(=O)Nc1ccc(F)c(Oc2ccc3ncn([C@H]4COC5(CCN(C(=O)CN6CCC(c7ccc(NC8CCC(=O)NC8=O)cc7F)CC6)CC5)C4)c(=O)c3c2)c1C#N. The molecule has 1 aromatic heterocycles. The number of ether oxygens (including phenoxy) is 2. The quantitative estimate of drug-likeness (QED) is 0.172. The number of sulfonamides is 1. The molecule has 0 aliphatic carbocycles. The summed E-state index contributed by atoms with van der Waals surface area (Å²) in [7, 11) is -3.85. The van der Waals surface area contributed by atoms with Crippen molar-refractivity contribution >= 4 is 50.0 Å². The van der Waals surface area contributed by atoms with Crippen molar-refractivity contribution in [2.24, 2.45) is 0 Å². The van der Waals surface area contributed by atoms with Gasteiger partial charge in [-0.05, 0) is 119 Å². The van der Waals surface area contributed by atoms with E-state index in [0.29, 0.717) is 81.5 Å². The van der Waals surface area contributed by atoms with E-state index in [1.807, 2.05) is 11.0 Å². The van der Waals surface area contributed by atoms with Gasteiger partial charge in [-0.25, -0.2) is 22.2 Å². The molecule has 332 valence electrons. The molecular formula is C44H48F2N8O8S. The number of hydrogen-bond acceptors (Lipinski definition) is 12. The van der Waals surface area contributed by atoms with Crippen molar-refractivity contribution in [1.82, 2.24) is 24.7 Å². The number of fused-ring (bicyclic) bond motifs is 1. The smallest absolute Gasteiger partial charge is 0.261 e. The molecule has 16 nitrogen and oxygen atoms in total. The van der Waals surface area contributed by atoms with Crippen molar-refractivity contribution in [3.63, 3.8) is 0 Å². The predicted molar refractivity (Wildman–Crippen MR) is 228 cm³/mol. The average molecular weight is 887 g/mol. The summed E-state index contributed by atoms with van der Waals surface area (Å²) < 4.78 is 71.3. The van der Waals surface area contributed by atoms with E-state index < -0.39 is 44.4 Å². The first-order valence-corrected chi connectivity index (χ1v) is 22.6. The molecule has 4 aliphatic rings. The molecule has 3 N–H and O–H groups in total. The number of amides is 3. The summed E-state index contributed by atoms with van der Waals surface area (Å²) in [4.78, 5) is 59.4. The maximum Gasteiger partial charge on any atom is 0.261 e. The molecule has 0 saturated carbocycles. The second-order valence-electron chi connectivity index (χ2n) is 17.0. The number of likely N-dealkylation sites (tertiary alicyclic amines) is 2. The van der Waals surface area contributed by atoms with Crippen molar-refractivity contribution in [3.05, 3.63) is 88.0 Å². The Kier molecular flexibility index (Phi) is 12.2. The molecule has 3 aromatic carbocycles. The van der Waals surface area contributed by atoms with Crippen LogP contribution < -0.4 is 25.7 Å². The lowest BCUT2D eigenvalue weighted by Crippen LogP contribution is -2.50. The number of carbonyl (C=O) groups is 3. The van der Waals surface area contributed by atoms with Gasteiger partial charge in [0.1, 0.15) is 29.2 Å². The van der Waals surface area contributed by atoms with Gasteiger partial charge in [0.05, 0.1) is 53.0 Å². The number of halogens is 2. The highest BCUT2D eigenvalue weighted by molar-refractivity contribution is 7.93. The lowest BCUT2D eigenvalue weighted by Gasteiger charge is -2.40. The number of nitrogens with one attached hydrogen (secondary N) is 3. The number of carbonyl (C=O) groups excluding carboxylic acids is 3. The molecule has 4 aliphatic heterocycles. The van der Waals surface area contributed by atoms with Gasteiger partial charge >= 0.3 is 0 Å². The van der Waals surface area contributed by atoms with E-state index in [0.717, 1.165) is 12.1 Å². The van der Waals surface area contributed by atoms with Crippen LogP contribution in [0, 0.1) is 23.0 Å². The Morgan fingerprint density at radius 3 is 2.49 bits per heavy atom. The van der Waals surface area contributed by atoms with Crippen LogP contribution in [0.1, 0.15) is 81.9 Å². The van der Waals surface area contributed by atoms with Gasteiger partial charge in [-0.2, -0.15) is 5.26 Å². The van der Waals surface area contributed by atoms with Crippen LogP contribution in [-0.2, 0) is 29.1 Å². The van der Waals surface area contributed by atoms with E-state index in [1.165, 1.54) is 42.9 Å². The number of nitrogens with zero attached hydrogens (tertiary/aromatic N) is 5. The van der Waals surface area contributed by atoms with Gasteiger partial charge in [-0.3, -0.25) is 38.7 Å². The summed E-state index contributed by atoms with van der Waals surface area (Å²) in [6.07, 6.45) is 5.16. The molecule has 3 amide bonds. The molecular weight excluding hydrogens is 839 g/mol. The van der Waals surface area contributed by atoms with E-state index in [2.05, 4.69) is 25.2 Å². The van der Waals surface area contributed by atoms with Crippen LogP contribution in [0.25, 0.3) is 10.9 Å². The molecule has 63 heavy (non-hydrogen) atoms. The van der Waals surface area contributed by atoms with E-state index >= 15 is 8.78 Å². The first-order chi connectivity index (χ1) is 30.1. The predicted octanol–water partition coefficient (Wildman–Crippen LogP) is 4.91. The van der Waals surface area contributed by atoms with Gasteiger partial charge in [-0.15, -0.1) is 0 Å². The molecule has 0 bridgehead atoms. The lowest BCUT2D eigenvalue weighted by molar-refractivity contribution is -0.137. The molecule has 5 heterocycles. The maximum atomic E-state index is 15.3. The Balaban J connectivity index is 0.846. The minimum absolute atomic E-state index is 0.00370. The summed E-state index contributed by atoms with van der Waals surface area (Å²) >= 11 is 0. The third-order valence-corrected chi connectivity index (χ3v) is 14.4. The molecule has 2 atom stereocenters. The van der Waals surface area contributed by atoms with Crippen LogP contribution in [0.15, 0.2) is 59.7 Å². The second kappa shape index (κ2) is 17.7. The third-order valence-electron chi connectivity index (χ3n) is 12.6. The number of aromatic nitrogens is 2. The van der Waals surface area contributed by atoms with Gasteiger partial charge in [0.2, 0.25) is 27.7 Å². The Hall–Kier alpha value is -5.97. The average Bonchev–Trinajstić information content (AvgIpc) is 3.66. The minimum Gasteiger partial charge on any atom is -0.453 e. The number of piperidine rings is 3. The Morgan fingerprint density at radius 1 is 1.03 bits per heavy atom. The lowest BCUT2D eigenvalue weighted by atomic mass is 9.87. The highest BCUT2D eigenvalue weighted by Crippen LogP contribution is 2.41. The van der Waals surface area contributed by atoms with Crippen LogP contribution in [0.4, 0.5) is 20.2 Å². The fourth-order valence-electron chi connectivity index (χ4n) is 8.87. The Labute approximate surface area is 362 Å². The molecule has 1 spiro atoms. The zero-order chi connectivity index (χ0) is 44.6. The number of hydrogen-bond donors (Lipinski definition) is 3. The monoisotopic (exact) mass is 886 g/mol. The van der Waals surface area contributed by atoms with E-state index in [4.69, 9.17) is 9.47 Å². The molecule has 8 rings (SSSR count). The van der Waals surface area contributed by atoms with Crippen molar-refractivity contribution in [1.29, 1.82) is 5.26 Å². The number of rotatable bonds is 11. The number of benzene rings is 3. The van der Waals surface area contributed by atoms with Crippen LogP contribution in [0.5, 0.6) is 11.5 Å². The fourth-order valence-corrected chi connectivity index (χ4v) is 9.58. The number of nitriles is 1. The molecule has 0 radical (unpaired) electrons. The van der Waals surface area contributed by atoms with Crippen LogP contribution in [0.3, 0.4) is 0 Å². The van der Waals surface area contributed by atoms with Crippen LogP contribution >= 0.6 is 0 Å². The van der Waals surface area contributed by atoms with Gasteiger partial charge in [-0.1, -0.05) is 6.07 Å². The summed E-state index contributed by atoms with van der Waals surface area (Å²) in [5.41, 5.74) is 0.0640. The summed E-state index contributed by atoms with van der Waals surface area (Å²) in [5, 5.41) is 14.6. The van der Waals surface area contributed by atoms with Gasteiger partial charge in [0.25, 0.3) is 5.56 Å². The van der Waals surface area contributed by atoms with E-state index in [9.17, 15) is 32.9 Å². The van der Waals surface area contributed by atoms with Crippen molar-refractivity contribution in [2.75, 3.05) is 49.4 Å². The second-order valence-corrected chi connectivity index (χ2v) is 19.2. The van der Waals surface area contributed by atoms with Gasteiger partial charge in [0.15, 0.2) is 11.6 Å². The topological polar surface area (TPSA) is 205 Å². The van der Waals surface area contributed by atoms with Crippen molar-refractivity contribution in [3.8, 4) is 17.6 Å². The molecule has 19 heteroatoms. The normalized spacial score (nSPS) is 20.8. The van der Waals surface area contributed by atoms with Crippen molar-refractivity contribution in [2.45, 2.75) is 87.6 Å². The molecule has 4 fully saturated rings. The Bertz CT molecular complexity index is 2670. The van der Waals surface area contributed by atoms with Gasteiger partial charge < -0.3 is 19.7 Å². The third kappa shape index (κ3) is 9.24. The van der Waals surface area contributed by atoms with Crippen LogP contribution in [0.2, 0.25) is 0 Å². The highest BCUT2D eigenvalue weighted by atomic mass is 32.2. The first-order valence-electron chi connectivity index (χ1n) is 21.1. The highest BCUT2D eigenvalue weighted by Gasteiger charge is 2.44. The first kappa shape index (κ1) is 43.7. The molecule has 1 unspecified atom stereocenters. The van der Waals surface area contributed by atoms with Gasteiger partial charge in [0, 0.05) is 25.2 Å². The molecule has 4 saturated heterocycles. The maximum absolute atomic E-state index is 15.3. The zero-order valence-electron chi connectivity index (χ0n) is 34.9. The largest absolute Gasteiger partial charge is 0.453 e. The fraction of sp³-hybridized carbons (Fsp3) is 0.455. The standard InChI is InChI=1S/C44H48F2N8O8S/c1-26(2)63(59,60)51-37-8-6-34(45)41(33(37)22-47)62-30-4-7-36-32(20-30)43(58)54(25-48-36)29-21-44(61-24-29)13-17-53(18-14-44)40(56)23-52-15-11-27(12-16-52)31-5-3-28(19-35(31)46)49-38-9-10-39(55)50-42(38)57/h3-8,19-20,25-27,29,38,49,51H,9-18,21,23-24H2,1-2H3,(H,50,55,57)/t29-,38?/m1/s1. The van der Waals surface area contributed by atoms with E-state index in [-0.39, 0.29) is 77.1 Å². The number of anilines is 2. The van der Waals surface area contributed by atoms with E-state index in [1.54, 1.807) is 18.2 Å². The summed E-state index contributed by atoms with van der Waals surface area (Å²) in [6.45, 7) is 5.74. The molecule has 4 aromatic rings. The summed E-state index contributed by atoms with van der Waals surface area (Å²) in [6, 6.07) is 12.3. The summed E-state index contributed by atoms with van der Waals surface area (Å²) in [5.74, 6) is -2.42. The number of imide groups is 1. The van der Waals surface area contributed by atoms with Crippen molar-refractivity contribution < 1.29 is 41.1 Å². The Morgan fingerprint density at radius 2 is 1.79 bits per heavy atom. The van der Waals surface area contributed by atoms with Crippen LogP contribution in [-0.4, -0.2) is 102 Å². The zero-order valence-corrected chi connectivity index (χ0v) is 35.7. The minimum atomic E-state index is -3.85.